The van der Waals surface area contributed by atoms with Gasteiger partial charge in [-0.1, -0.05) is 62.2 Å². The molecular formula is C22H24FNO. The molecule has 130 valence electrons. The standard InChI is InChI=1S/C22H24FNO/c1-2-3-7-16-25-22(20-10-11-21(23)24-17-20)14-12-19(13-15-22)18-8-5-4-6-9-18/h4-6,8-14,17H,2-3,7,15-16H2,1H3. The Hall–Kier alpha value is -2.26. The van der Waals surface area contributed by atoms with E-state index in [4.69, 9.17) is 4.74 Å². The zero-order valence-electron chi connectivity index (χ0n) is 14.6. The van der Waals surface area contributed by atoms with E-state index in [-0.39, 0.29) is 0 Å². The predicted molar refractivity (Wildman–Crippen MR) is 99.5 cm³/mol. The molecule has 1 heterocycles. The van der Waals surface area contributed by atoms with Gasteiger partial charge in [0.25, 0.3) is 0 Å². The van der Waals surface area contributed by atoms with Crippen molar-refractivity contribution in [3.8, 4) is 0 Å². The fourth-order valence-corrected chi connectivity index (χ4v) is 3.10. The van der Waals surface area contributed by atoms with Crippen molar-refractivity contribution in [3.05, 3.63) is 84.0 Å². The number of pyridine rings is 1. The van der Waals surface area contributed by atoms with Crippen LogP contribution in [0.1, 0.15) is 43.7 Å². The third-order valence-corrected chi connectivity index (χ3v) is 4.59. The van der Waals surface area contributed by atoms with E-state index in [1.807, 2.05) is 18.2 Å². The van der Waals surface area contributed by atoms with E-state index >= 15 is 0 Å². The lowest BCUT2D eigenvalue weighted by Crippen LogP contribution is -2.29. The summed E-state index contributed by atoms with van der Waals surface area (Å²) in [5.41, 5.74) is 2.70. The lowest BCUT2D eigenvalue weighted by molar-refractivity contribution is -0.0131. The third-order valence-electron chi connectivity index (χ3n) is 4.59. The topological polar surface area (TPSA) is 22.1 Å². The number of ether oxygens (including phenoxy) is 1. The summed E-state index contributed by atoms with van der Waals surface area (Å²) in [7, 11) is 0. The van der Waals surface area contributed by atoms with Gasteiger partial charge in [0.05, 0.1) is 0 Å². The molecule has 2 aromatic rings. The molecule has 0 bridgehead atoms. The number of aromatic nitrogens is 1. The number of halogens is 1. The molecule has 1 aliphatic rings. The van der Waals surface area contributed by atoms with Crippen molar-refractivity contribution in [3.63, 3.8) is 0 Å². The number of allylic oxidation sites excluding steroid dienone is 2. The number of unbranched alkanes of at least 4 members (excludes halogenated alkanes) is 2. The molecule has 1 atom stereocenters. The van der Waals surface area contributed by atoms with Crippen LogP contribution in [-0.2, 0) is 10.3 Å². The molecule has 3 rings (SSSR count). The summed E-state index contributed by atoms with van der Waals surface area (Å²) in [4.78, 5) is 3.82. The second-order valence-corrected chi connectivity index (χ2v) is 6.38. The van der Waals surface area contributed by atoms with Gasteiger partial charge < -0.3 is 4.74 Å². The van der Waals surface area contributed by atoms with Crippen molar-refractivity contribution in [2.24, 2.45) is 0 Å². The fraction of sp³-hybridized carbons (Fsp3) is 0.318. The Balaban J connectivity index is 1.83. The van der Waals surface area contributed by atoms with Gasteiger partial charge in [-0.2, -0.15) is 4.39 Å². The van der Waals surface area contributed by atoms with Gasteiger partial charge in [0.2, 0.25) is 5.95 Å². The molecule has 1 unspecified atom stereocenters. The first kappa shape index (κ1) is 17.6. The highest BCUT2D eigenvalue weighted by Crippen LogP contribution is 2.37. The molecule has 0 fully saturated rings. The fourth-order valence-electron chi connectivity index (χ4n) is 3.10. The van der Waals surface area contributed by atoms with E-state index in [0.717, 1.165) is 24.8 Å². The van der Waals surface area contributed by atoms with Crippen LogP contribution in [-0.4, -0.2) is 11.6 Å². The number of benzene rings is 1. The second-order valence-electron chi connectivity index (χ2n) is 6.38. The molecule has 3 heteroatoms. The molecule has 1 aliphatic carbocycles. The Labute approximate surface area is 149 Å². The van der Waals surface area contributed by atoms with E-state index in [1.165, 1.54) is 17.2 Å². The Kier molecular flexibility index (Phi) is 5.77. The highest BCUT2D eigenvalue weighted by Gasteiger charge is 2.32. The van der Waals surface area contributed by atoms with Crippen molar-refractivity contribution in [1.29, 1.82) is 0 Å². The Morgan fingerprint density at radius 2 is 1.96 bits per heavy atom. The van der Waals surface area contributed by atoms with Gasteiger partial charge in [-0.3, -0.25) is 0 Å². The Morgan fingerprint density at radius 1 is 1.12 bits per heavy atom. The van der Waals surface area contributed by atoms with Crippen molar-refractivity contribution in [1.82, 2.24) is 4.98 Å². The quantitative estimate of drug-likeness (QED) is 0.480. The molecule has 25 heavy (non-hydrogen) atoms. The van der Waals surface area contributed by atoms with E-state index in [2.05, 4.69) is 42.3 Å². The maximum atomic E-state index is 13.2. The molecule has 0 N–H and O–H groups in total. The van der Waals surface area contributed by atoms with Crippen molar-refractivity contribution < 1.29 is 9.13 Å². The number of hydrogen-bond donors (Lipinski definition) is 0. The molecule has 0 aliphatic heterocycles. The maximum Gasteiger partial charge on any atom is 0.212 e. The highest BCUT2D eigenvalue weighted by molar-refractivity contribution is 5.75. The van der Waals surface area contributed by atoms with Crippen LogP contribution in [0.2, 0.25) is 0 Å². The number of hydrogen-bond acceptors (Lipinski definition) is 2. The summed E-state index contributed by atoms with van der Waals surface area (Å²) in [6.07, 6.45) is 12.0. The first-order valence-corrected chi connectivity index (χ1v) is 8.94. The van der Waals surface area contributed by atoms with E-state index in [9.17, 15) is 4.39 Å². The van der Waals surface area contributed by atoms with Gasteiger partial charge >= 0.3 is 0 Å². The molecule has 0 radical (unpaired) electrons. The van der Waals surface area contributed by atoms with Crippen LogP contribution in [0.15, 0.2) is 66.9 Å². The normalized spacial score (nSPS) is 19.7. The van der Waals surface area contributed by atoms with Crippen molar-refractivity contribution >= 4 is 5.57 Å². The van der Waals surface area contributed by atoms with E-state index in [1.54, 1.807) is 12.3 Å². The van der Waals surface area contributed by atoms with Crippen LogP contribution < -0.4 is 0 Å². The summed E-state index contributed by atoms with van der Waals surface area (Å²) in [6, 6.07) is 13.5. The summed E-state index contributed by atoms with van der Waals surface area (Å²) in [5.74, 6) is -0.467. The Morgan fingerprint density at radius 3 is 2.60 bits per heavy atom. The summed E-state index contributed by atoms with van der Waals surface area (Å²) in [6.45, 7) is 2.86. The largest absolute Gasteiger partial charge is 0.366 e. The highest BCUT2D eigenvalue weighted by atomic mass is 19.1. The van der Waals surface area contributed by atoms with Gasteiger partial charge in [0, 0.05) is 24.8 Å². The molecular weight excluding hydrogens is 313 g/mol. The molecule has 0 saturated carbocycles. The lowest BCUT2D eigenvalue weighted by atomic mass is 9.84. The van der Waals surface area contributed by atoms with Crippen LogP contribution in [0.3, 0.4) is 0 Å². The van der Waals surface area contributed by atoms with Crippen LogP contribution >= 0.6 is 0 Å². The predicted octanol–water partition coefficient (Wildman–Crippen LogP) is 5.67. The van der Waals surface area contributed by atoms with Crippen molar-refractivity contribution in [2.45, 2.75) is 38.2 Å². The second kappa shape index (κ2) is 8.21. The maximum absolute atomic E-state index is 13.2. The summed E-state index contributed by atoms with van der Waals surface area (Å²) < 4.78 is 19.5. The number of nitrogens with zero attached hydrogens (tertiary/aromatic N) is 1. The molecule has 1 aromatic heterocycles. The number of rotatable bonds is 7. The SMILES string of the molecule is CCCCCOC1(c2ccc(F)nc2)C=CC(c2ccccc2)=CC1. The van der Waals surface area contributed by atoms with Crippen LogP contribution in [0.4, 0.5) is 4.39 Å². The van der Waals surface area contributed by atoms with Gasteiger partial charge in [0.15, 0.2) is 0 Å². The monoisotopic (exact) mass is 337 g/mol. The average molecular weight is 337 g/mol. The summed E-state index contributed by atoms with van der Waals surface area (Å²) >= 11 is 0. The van der Waals surface area contributed by atoms with Crippen LogP contribution in [0.25, 0.3) is 5.57 Å². The molecule has 0 saturated heterocycles. The minimum Gasteiger partial charge on any atom is -0.366 e. The van der Waals surface area contributed by atoms with E-state index < -0.39 is 11.5 Å². The zero-order chi connectivity index (χ0) is 17.5. The average Bonchev–Trinajstić information content (AvgIpc) is 2.67. The van der Waals surface area contributed by atoms with Gasteiger partial charge in [-0.25, -0.2) is 4.98 Å². The minimum absolute atomic E-state index is 0.467. The Bertz CT molecular complexity index is 736. The van der Waals surface area contributed by atoms with Crippen LogP contribution in [0, 0.1) is 5.95 Å². The van der Waals surface area contributed by atoms with Crippen molar-refractivity contribution in [2.75, 3.05) is 6.61 Å². The zero-order valence-corrected chi connectivity index (χ0v) is 14.6. The first-order valence-electron chi connectivity index (χ1n) is 8.94. The van der Waals surface area contributed by atoms with Gasteiger partial charge in [0.1, 0.15) is 5.60 Å². The molecule has 2 nitrogen and oxygen atoms in total. The van der Waals surface area contributed by atoms with Crippen LogP contribution in [0.5, 0.6) is 0 Å². The first-order chi connectivity index (χ1) is 12.2. The van der Waals surface area contributed by atoms with Gasteiger partial charge in [-0.05, 0) is 35.8 Å². The molecule has 1 aromatic carbocycles. The van der Waals surface area contributed by atoms with Gasteiger partial charge in [-0.15, -0.1) is 0 Å². The van der Waals surface area contributed by atoms with E-state index in [0.29, 0.717) is 13.0 Å². The molecule has 0 amide bonds. The smallest absolute Gasteiger partial charge is 0.212 e. The lowest BCUT2D eigenvalue weighted by Gasteiger charge is -2.33. The summed E-state index contributed by atoms with van der Waals surface area (Å²) in [5, 5.41) is 0. The third kappa shape index (κ3) is 4.23. The minimum atomic E-state index is -0.563. The molecule has 0 spiro atoms.